The Kier molecular flexibility index (Phi) is 3.09. The van der Waals surface area contributed by atoms with Gasteiger partial charge < -0.3 is 11.5 Å². The number of rotatable bonds is 2. The molecule has 3 rings (SSSR count). The molecule has 9 nitrogen and oxygen atoms in total. The van der Waals surface area contributed by atoms with E-state index < -0.39 is 35.0 Å². The average Bonchev–Trinajstić information content (AvgIpc) is 2.89. The van der Waals surface area contributed by atoms with Crippen LogP contribution in [0, 0.1) is 0 Å². The highest BCUT2D eigenvalue weighted by Gasteiger charge is 2.39. The van der Waals surface area contributed by atoms with Crippen LogP contribution in [-0.4, -0.2) is 36.0 Å². The van der Waals surface area contributed by atoms with E-state index in [9.17, 15) is 18.0 Å². The number of anilines is 1. The maximum atomic E-state index is 13.2. The third-order valence-electron chi connectivity index (χ3n) is 2.85. The molecule has 0 aliphatic carbocycles. The van der Waals surface area contributed by atoms with E-state index in [1.807, 2.05) is 0 Å². The van der Waals surface area contributed by atoms with Gasteiger partial charge in [-0.2, -0.15) is 18.3 Å². The number of nitrogens with two attached hydrogens (primary N) is 2. The maximum Gasteiger partial charge on any atom is 0.435 e. The van der Waals surface area contributed by atoms with Crippen LogP contribution < -0.4 is 11.5 Å². The fraction of sp³-hybridized carbons (Fsp3) is 0.0909. The predicted molar refractivity (Wildman–Crippen MR) is 70.6 cm³/mol. The summed E-state index contributed by atoms with van der Waals surface area (Å²) in [6.07, 6.45) is -2.28. The van der Waals surface area contributed by atoms with Crippen molar-refractivity contribution in [1.82, 2.24) is 30.1 Å². The molecule has 3 aromatic heterocycles. The second-order valence-electron chi connectivity index (χ2n) is 4.34. The van der Waals surface area contributed by atoms with Gasteiger partial charge in [-0.05, 0) is 0 Å². The van der Waals surface area contributed by atoms with Crippen LogP contribution in [0.4, 0.5) is 19.0 Å². The number of alkyl halides is 3. The number of hydrogen-bond acceptors (Lipinski definition) is 7. The first-order valence-corrected chi connectivity index (χ1v) is 5.99. The molecule has 0 fully saturated rings. The summed E-state index contributed by atoms with van der Waals surface area (Å²) in [5.74, 6) is -1.83. The molecule has 0 aliphatic heterocycles. The first kappa shape index (κ1) is 14.6. The summed E-state index contributed by atoms with van der Waals surface area (Å²) in [5.41, 5.74) is 7.63. The van der Waals surface area contributed by atoms with Crippen LogP contribution in [0.3, 0.4) is 0 Å². The Morgan fingerprint density at radius 2 is 1.87 bits per heavy atom. The van der Waals surface area contributed by atoms with Gasteiger partial charge in [-0.15, -0.1) is 0 Å². The fourth-order valence-electron chi connectivity index (χ4n) is 1.92. The molecule has 3 aromatic rings. The minimum atomic E-state index is -4.87. The molecular weight excluding hydrogens is 317 g/mol. The van der Waals surface area contributed by atoms with Crippen molar-refractivity contribution in [2.24, 2.45) is 5.73 Å². The lowest BCUT2D eigenvalue weighted by Crippen LogP contribution is -2.21. The number of amides is 1. The lowest BCUT2D eigenvalue weighted by Gasteiger charge is -2.12. The number of hydrogen-bond donors (Lipinski definition) is 3. The molecule has 5 N–H and O–H groups in total. The lowest BCUT2D eigenvalue weighted by atomic mass is 10.2. The fourth-order valence-corrected chi connectivity index (χ4v) is 1.92. The topological polar surface area (TPSA) is 149 Å². The van der Waals surface area contributed by atoms with Gasteiger partial charge in [-0.25, -0.2) is 19.9 Å². The van der Waals surface area contributed by atoms with E-state index in [1.165, 1.54) is 12.4 Å². The molecule has 0 saturated carbocycles. The number of H-pyrrole nitrogens is 1. The highest BCUT2D eigenvalue weighted by molar-refractivity contribution is 5.96. The molecule has 0 radical (unpaired) electrons. The normalized spacial score (nSPS) is 11.8. The van der Waals surface area contributed by atoms with Crippen LogP contribution in [0.25, 0.3) is 22.6 Å². The molecule has 1 amide bonds. The quantitative estimate of drug-likeness (QED) is 0.621. The van der Waals surface area contributed by atoms with Crippen LogP contribution in [0.15, 0.2) is 12.4 Å². The number of nitrogen functional groups attached to an aromatic ring is 1. The molecule has 0 aliphatic rings. The number of nitrogens with zero attached hydrogens (tertiary/aromatic N) is 5. The van der Waals surface area contributed by atoms with Crippen LogP contribution in [0.1, 0.15) is 16.2 Å². The first-order chi connectivity index (χ1) is 10.8. The van der Waals surface area contributed by atoms with Gasteiger partial charge in [-0.3, -0.25) is 9.89 Å². The number of primary amides is 1. The Hall–Kier alpha value is -3.31. The molecule has 0 bridgehead atoms. The van der Waals surface area contributed by atoms with Gasteiger partial charge in [0, 0.05) is 12.4 Å². The number of carbonyl (C=O) groups excluding carboxylic acids is 1. The summed E-state index contributed by atoms with van der Waals surface area (Å²) < 4.78 is 39.6. The Labute approximate surface area is 125 Å². The third-order valence-corrected chi connectivity index (χ3v) is 2.85. The number of aromatic nitrogens is 6. The van der Waals surface area contributed by atoms with Crippen molar-refractivity contribution in [3.8, 4) is 11.4 Å². The molecule has 0 unspecified atom stereocenters. The molecule has 0 saturated heterocycles. The van der Waals surface area contributed by atoms with E-state index in [1.54, 1.807) is 0 Å². The van der Waals surface area contributed by atoms with Crippen LogP contribution in [0.2, 0.25) is 0 Å². The molecule has 118 valence electrons. The van der Waals surface area contributed by atoms with Crippen LogP contribution in [-0.2, 0) is 6.18 Å². The van der Waals surface area contributed by atoms with Gasteiger partial charge in [0.25, 0.3) is 5.91 Å². The average molecular weight is 324 g/mol. The smallest absolute Gasteiger partial charge is 0.382 e. The number of fused-ring (bicyclic) bond motifs is 1. The number of halogens is 3. The van der Waals surface area contributed by atoms with E-state index in [2.05, 4.69) is 30.1 Å². The van der Waals surface area contributed by atoms with Crippen molar-refractivity contribution in [2.75, 3.05) is 5.73 Å². The highest BCUT2D eigenvalue weighted by Crippen LogP contribution is 2.36. The van der Waals surface area contributed by atoms with Crippen molar-refractivity contribution < 1.29 is 18.0 Å². The van der Waals surface area contributed by atoms with E-state index in [0.29, 0.717) is 0 Å². The Balaban J connectivity index is 2.36. The summed E-state index contributed by atoms with van der Waals surface area (Å²) in [6.45, 7) is 0. The molecular formula is C11H7F3N8O. The number of nitrogens with one attached hydrogen (secondary N) is 1. The minimum absolute atomic E-state index is 0.0347. The monoisotopic (exact) mass is 324 g/mol. The van der Waals surface area contributed by atoms with Gasteiger partial charge in [0.2, 0.25) is 0 Å². The van der Waals surface area contributed by atoms with Crippen molar-refractivity contribution in [2.45, 2.75) is 6.18 Å². The standard InChI is InChI=1S/C11H7F3N8O/c12-11(13,14)7-4(19-6(9(16)23)8(15)20-7)3-5-10(22-21-3)18-2-1-17-5/h1-2H,(H2,15,20)(H2,16,23)(H,18,21,22). The van der Waals surface area contributed by atoms with Gasteiger partial charge in [-0.1, -0.05) is 0 Å². The third kappa shape index (κ3) is 2.39. The van der Waals surface area contributed by atoms with E-state index >= 15 is 0 Å². The molecule has 12 heteroatoms. The highest BCUT2D eigenvalue weighted by atomic mass is 19.4. The van der Waals surface area contributed by atoms with Crippen molar-refractivity contribution in [3.63, 3.8) is 0 Å². The van der Waals surface area contributed by atoms with Gasteiger partial charge in [0.15, 0.2) is 22.9 Å². The van der Waals surface area contributed by atoms with Crippen LogP contribution in [0.5, 0.6) is 0 Å². The van der Waals surface area contributed by atoms with Crippen molar-refractivity contribution >= 4 is 22.9 Å². The summed E-state index contributed by atoms with van der Waals surface area (Å²) in [5, 5.41) is 6.09. The Morgan fingerprint density at radius 1 is 1.17 bits per heavy atom. The summed E-state index contributed by atoms with van der Waals surface area (Å²) in [6, 6.07) is 0. The van der Waals surface area contributed by atoms with Crippen molar-refractivity contribution in [3.05, 3.63) is 23.8 Å². The second kappa shape index (κ2) is 4.86. The Morgan fingerprint density at radius 3 is 2.52 bits per heavy atom. The van der Waals surface area contributed by atoms with E-state index in [0.717, 1.165) is 0 Å². The first-order valence-electron chi connectivity index (χ1n) is 5.99. The number of aromatic amines is 1. The van der Waals surface area contributed by atoms with Crippen LogP contribution >= 0.6 is 0 Å². The zero-order valence-corrected chi connectivity index (χ0v) is 11.1. The summed E-state index contributed by atoms with van der Waals surface area (Å²) in [7, 11) is 0. The van der Waals surface area contributed by atoms with E-state index in [4.69, 9.17) is 11.5 Å². The zero-order chi connectivity index (χ0) is 16.8. The molecule has 0 spiro atoms. The summed E-state index contributed by atoms with van der Waals surface area (Å²) >= 11 is 0. The minimum Gasteiger partial charge on any atom is -0.382 e. The summed E-state index contributed by atoms with van der Waals surface area (Å²) in [4.78, 5) is 25.8. The zero-order valence-electron chi connectivity index (χ0n) is 11.1. The molecule has 0 aromatic carbocycles. The lowest BCUT2D eigenvalue weighted by molar-refractivity contribution is -0.140. The second-order valence-corrected chi connectivity index (χ2v) is 4.34. The number of carbonyl (C=O) groups is 1. The van der Waals surface area contributed by atoms with Gasteiger partial charge in [0.1, 0.15) is 16.9 Å². The van der Waals surface area contributed by atoms with Gasteiger partial charge in [0.05, 0.1) is 0 Å². The Bertz CT molecular complexity index is 919. The molecule has 0 atom stereocenters. The molecule has 3 heterocycles. The predicted octanol–water partition coefficient (Wildman–Crippen LogP) is 0.510. The maximum absolute atomic E-state index is 13.2. The van der Waals surface area contributed by atoms with Gasteiger partial charge >= 0.3 is 6.18 Å². The largest absolute Gasteiger partial charge is 0.435 e. The van der Waals surface area contributed by atoms with Crippen molar-refractivity contribution in [1.29, 1.82) is 0 Å². The van der Waals surface area contributed by atoms with E-state index in [-0.39, 0.29) is 16.9 Å². The molecule has 23 heavy (non-hydrogen) atoms. The SMILES string of the molecule is NC(=O)c1nc(-c2[nH]nc3nccnc23)c(C(F)(F)F)nc1N.